The molecule has 0 saturated carbocycles. The van der Waals surface area contributed by atoms with Gasteiger partial charge in [-0.05, 0) is 116 Å². The Morgan fingerprint density at radius 3 is 1.51 bits per heavy atom. The van der Waals surface area contributed by atoms with Crippen LogP contribution in [0.2, 0.25) is 0 Å². The number of pyridine rings is 1. The first-order valence-corrected chi connectivity index (χ1v) is 21.5. The number of hydrogen-bond donors (Lipinski definition) is 0. The van der Waals surface area contributed by atoms with Gasteiger partial charge in [-0.2, -0.15) is 0 Å². The average Bonchev–Trinajstić information content (AvgIpc) is 3.81. The highest BCUT2D eigenvalue weighted by atomic mass is 15.0. The van der Waals surface area contributed by atoms with Gasteiger partial charge in [0.05, 0.1) is 11.1 Å². The van der Waals surface area contributed by atoms with E-state index < -0.39 is 5.41 Å². The third-order valence-corrected chi connectivity index (χ3v) is 13.0. The molecule has 4 nitrogen and oxygen atoms in total. The highest BCUT2D eigenvalue weighted by Gasteiger charge is 2.51. The molecule has 296 valence electrons. The van der Waals surface area contributed by atoms with E-state index in [1.165, 1.54) is 55.6 Å². The van der Waals surface area contributed by atoms with Crippen LogP contribution in [-0.4, -0.2) is 19.9 Å². The SMILES string of the molecule is Cc1nc(-c2ccc3c(c2)C2(c4ccccc4-c4ccccc42)c2cc(-c4cccc(-c5cnc(-c6ccccc6)cc5C)c4)ccc2-3)nc(-c2ccccc2-c2ccccc2)n1. The van der Waals surface area contributed by atoms with E-state index in [2.05, 4.69) is 195 Å². The molecule has 0 N–H and O–H groups in total. The van der Waals surface area contributed by atoms with Crippen LogP contribution in [0.15, 0.2) is 206 Å². The lowest BCUT2D eigenvalue weighted by Crippen LogP contribution is -2.26. The maximum atomic E-state index is 5.23. The lowest BCUT2D eigenvalue weighted by atomic mass is 9.70. The van der Waals surface area contributed by atoms with Gasteiger partial charge in [-0.25, -0.2) is 15.0 Å². The highest BCUT2D eigenvalue weighted by Crippen LogP contribution is 2.63. The lowest BCUT2D eigenvalue weighted by molar-refractivity contribution is 0.794. The van der Waals surface area contributed by atoms with E-state index in [9.17, 15) is 0 Å². The van der Waals surface area contributed by atoms with Gasteiger partial charge in [0.15, 0.2) is 11.6 Å². The Labute approximate surface area is 367 Å². The van der Waals surface area contributed by atoms with Crippen molar-refractivity contribution >= 4 is 0 Å². The summed E-state index contributed by atoms with van der Waals surface area (Å²) in [5.41, 5.74) is 21.6. The van der Waals surface area contributed by atoms with Crippen molar-refractivity contribution in [1.29, 1.82) is 0 Å². The summed E-state index contributed by atoms with van der Waals surface area (Å²) in [4.78, 5) is 20.0. The molecule has 4 heteroatoms. The number of aromatic nitrogens is 4. The Hall–Kier alpha value is -8.08. The van der Waals surface area contributed by atoms with Gasteiger partial charge in [-0.15, -0.1) is 0 Å². The van der Waals surface area contributed by atoms with Crippen LogP contribution >= 0.6 is 0 Å². The fraction of sp³-hybridized carbons (Fsp3) is 0.0508. The summed E-state index contributed by atoms with van der Waals surface area (Å²) in [5.74, 6) is 2.00. The molecule has 8 aromatic carbocycles. The van der Waals surface area contributed by atoms with Gasteiger partial charge >= 0.3 is 0 Å². The van der Waals surface area contributed by atoms with Crippen molar-refractivity contribution in [2.24, 2.45) is 0 Å². The molecule has 10 aromatic rings. The zero-order valence-electron chi connectivity index (χ0n) is 34.9. The second kappa shape index (κ2) is 14.5. The molecule has 0 aliphatic heterocycles. The van der Waals surface area contributed by atoms with E-state index in [0.29, 0.717) is 17.5 Å². The van der Waals surface area contributed by atoms with Gasteiger partial charge in [0.25, 0.3) is 0 Å². The average molecular weight is 805 g/mol. The summed E-state index contributed by atoms with van der Waals surface area (Å²) in [6, 6.07) is 72.1. The number of aryl methyl sites for hydroxylation is 2. The quantitative estimate of drug-likeness (QED) is 0.168. The molecule has 0 amide bonds. The Morgan fingerprint density at radius 1 is 0.317 bits per heavy atom. The van der Waals surface area contributed by atoms with E-state index in [0.717, 1.165) is 50.2 Å². The maximum Gasteiger partial charge on any atom is 0.164 e. The summed E-state index contributed by atoms with van der Waals surface area (Å²) in [6.45, 7) is 4.14. The van der Waals surface area contributed by atoms with E-state index >= 15 is 0 Å². The van der Waals surface area contributed by atoms with Crippen molar-refractivity contribution in [1.82, 2.24) is 19.9 Å². The summed E-state index contributed by atoms with van der Waals surface area (Å²) < 4.78 is 0. The first kappa shape index (κ1) is 36.7. The van der Waals surface area contributed by atoms with E-state index in [1.807, 2.05) is 25.3 Å². The largest absolute Gasteiger partial charge is 0.256 e. The summed E-state index contributed by atoms with van der Waals surface area (Å²) in [7, 11) is 0. The highest BCUT2D eigenvalue weighted by molar-refractivity contribution is 5.97. The van der Waals surface area contributed by atoms with E-state index in [1.54, 1.807) is 0 Å². The standard InChI is InChI=1S/C59H40N4/c1-37-32-56(40-18-7-4-8-19-40)60-36-51(37)43-21-15-20-41(33-43)42-28-30-48-49-31-29-44(57-61-38(2)62-58(63-57)50-25-10-9-22-45(50)39-16-5-3-6-17-39)35-55(49)59(54(48)34-42)52-26-13-11-23-46(52)47-24-12-14-27-53(47)59/h3-36H,1-2H3. The Morgan fingerprint density at radius 2 is 0.825 bits per heavy atom. The molecule has 1 spiro atoms. The predicted molar refractivity (Wildman–Crippen MR) is 256 cm³/mol. The fourth-order valence-corrected chi connectivity index (χ4v) is 10.2. The van der Waals surface area contributed by atoms with Crippen molar-refractivity contribution in [3.05, 3.63) is 240 Å². The van der Waals surface area contributed by atoms with Crippen LogP contribution in [0.1, 0.15) is 33.6 Å². The molecule has 2 aromatic heterocycles. The zero-order valence-corrected chi connectivity index (χ0v) is 34.9. The number of nitrogens with zero attached hydrogens (tertiary/aromatic N) is 4. The Kier molecular flexibility index (Phi) is 8.48. The molecule has 2 aliphatic rings. The van der Waals surface area contributed by atoms with Crippen molar-refractivity contribution in [2.45, 2.75) is 19.3 Å². The molecule has 0 saturated heterocycles. The Balaban J connectivity index is 1.01. The molecule has 0 radical (unpaired) electrons. The first-order valence-electron chi connectivity index (χ1n) is 21.5. The van der Waals surface area contributed by atoms with Gasteiger partial charge in [0.1, 0.15) is 5.82 Å². The van der Waals surface area contributed by atoms with Gasteiger partial charge in [0.2, 0.25) is 0 Å². The van der Waals surface area contributed by atoms with Crippen molar-refractivity contribution in [2.75, 3.05) is 0 Å². The lowest BCUT2D eigenvalue weighted by Gasteiger charge is -2.31. The second-order valence-electron chi connectivity index (χ2n) is 16.6. The minimum Gasteiger partial charge on any atom is -0.256 e. The molecule has 0 bridgehead atoms. The molecule has 12 rings (SSSR count). The first-order chi connectivity index (χ1) is 31.0. The minimum atomic E-state index is -0.555. The van der Waals surface area contributed by atoms with Crippen LogP contribution in [0, 0.1) is 13.8 Å². The molecular weight excluding hydrogens is 765 g/mol. The van der Waals surface area contributed by atoms with Crippen LogP contribution in [0.4, 0.5) is 0 Å². The molecule has 0 atom stereocenters. The number of benzene rings is 8. The van der Waals surface area contributed by atoms with Crippen LogP contribution < -0.4 is 0 Å². The molecule has 2 heterocycles. The third kappa shape index (κ3) is 5.83. The molecule has 0 unspecified atom stereocenters. The number of fused-ring (bicyclic) bond motifs is 10. The van der Waals surface area contributed by atoms with E-state index in [-0.39, 0.29) is 0 Å². The monoisotopic (exact) mass is 804 g/mol. The van der Waals surface area contributed by atoms with Crippen LogP contribution in [0.25, 0.3) is 89.7 Å². The fourth-order valence-electron chi connectivity index (χ4n) is 10.2. The molecular formula is C59H40N4. The number of rotatable bonds is 6. The van der Waals surface area contributed by atoms with Crippen molar-refractivity contribution in [3.8, 4) is 89.7 Å². The van der Waals surface area contributed by atoms with Crippen molar-refractivity contribution in [3.63, 3.8) is 0 Å². The smallest absolute Gasteiger partial charge is 0.164 e. The van der Waals surface area contributed by atoms with Gasteiger partial charge in [0, 0.05) is 28.5 Å². The predicted octanol–water partition coefficient (Wildman–Crippen LogP) is 14.2. The van der Waals surface area contributed by atoms with Gasteiger partial charge < -0.3 is 0 Å². The summed E-state index contributed by atoms with van der Waals surface area (Å²) >= 11 is 0. The number of hydrogen-bond acceptors (Lipinski definition) is 4. The molecule has 63 heavy (non-hydrogen) atoms. The topological polar surface area (TPSA) is 51.6 Å². The van der Waals surface area contributed by atoms with Crippen molar-refractivity contribution < 1.29 is 0 Å². The second-order valence-corrected chi connectivity index (χ2v) is 16.6. The summed E-state index contributed by atoms with van der Waals surface area (Å²) in [6.07, 6.45) is 2.02. The van der Waals surface area contributed by atoms with Gasteiger partial charge in [-0.3, -0.25) is 4.98 Å². The summed E-state index contributed by atoms with van der Waals surface area (Å²) in [5, 5.41) is 0. The molecule has 0 fully saturated rings. The zero-order chi connectivity index (χ0) is 42.1. The maximum absolute atomic E-state index is 5.23. The Bertz CT molecular complexity index is 3380. The van der Waals surface area contributed by atoms with Crippen LogP contribution in [-0.2, 0) is 5.41 Å². The molecule has 2 aliphatic carbocycles. The van der Waals surface area contributed by atoms with Gasteiger partial charge in [-0.1, -0.05) is 176 Å². The van der Waals surface area contributed by atoms with E-state index in [4.69, 9.17) is 19.9 Å². The third-order valence-electron chi connectivity index (χ3n) is 13.0. The van der Waals surface area contributed by atoms with Crippen LogP contribution in [0.5, 0.6) is 0 Å². The minimum absolute atomic E-state index is 0.555. The normalized spacial score (nSPS) is 12.7. The van der Waals surface area contributed by atoms with Crippen LogP contribution in [0.3, 0.4) is 0 Å².